The van der Waals surface area contributed by atoms with Gasteiger partial charge >= 0.3 is 0 Å². The number of fused-ring (bicyclic) bond motifs is 1. The summed E-state index contributed by atoms with van der Waals surface area (Å²) < 4.78 is 0. The first kappa shape index (κ1) is 13.8. The molecule has 0 aliphatic heterocycles. The molecule has 2 saturated carbocycles. The van der Waals surface area contributed by atoms with Crippen molar-refractivity contribution >= 4 is 39.0 Å². The lowest BCUT2D eigenvalue weighted by Crippen LogP contribution is -2.19. The quantitative estimate of drug-likeness (QED) is 0.780. The molecule has 5 heteroatoms. The third kappa shape index (κ3) is 2.88. The molecule has 112 valence electrons. The van der Waals surface area contributed by atoms with Crippen molar-refractivity contribution < 1.29 is 0 Å². The highest BCUT2D eigenvalue weighted by atomic mass is 35.5. The van der Waals surface area contributed by atoms with E-state index in [0.29, 0.717) is 5.28 Å². The van der Waals surface area contributed by atoms with Crippen LogP contribution in [-0.4, -0.2) is 16.5 Å². The summed E-state index contributed by atoms with van der Waals surface area (Å²) in [7, 11) is 0. The monoisotopic (exact) mass is 321 g/mol. The highest BCUT2D eigenvalue weighted by Crippen LogP contribution is 2.49. The van der Waals surface area contributed by atoms with Crippen molar-refractivity contribution in [2.75, 3.05) is 11.9 Å². The van der Waals surface area contributed by atoms with E-state index in [1.54, 1.807) is 11.3 Å². The van der Waals surface area contributed by atoms with Gasteiger partial charge < -0.3 is 5.32 Å². The van der Waals surface area contributed by atoms with Crippen LogP contribution in [0, 0.1) is 17.8 Å². The third-order valence-corrected chi connectivity index (χ3v) is 6.07. The summed E-state index contributed by atoms with van der Waals surface area (Å²) in [5, 5.41) is 5.06. The summed E-state index contributed by atoms with van der Waals surface area (Å²) in [6.07, 6.45) is 6.70. The van der Waals surface area contributed by atoms with Gasteiger partial charge in [0, 0.05) is 11.4 Å². The lowest BCUT2D eigenvalue weighted by molar-refractivity contribution is 0.428. The second kappa shape index (κ2) is 5.40. The lowest BCUT2D eigenvalue weighted by Gasteiger charge is -2.17. The Labute approximate surface area is 134 Å². The van der Waals surface area contributed by atoms with Crippen LogP contribution in [0.3, 0.4) is 0 Å². The zero-order valence-electron chi connectivity index (χ0n) is 12.2. The average molecular weight is 322 g/mol. The molecule has 0 aromatic carbocycles. The molecule has 3 nitrogen and oxygen atoms in total. The fourth-order valence-corrected chi connectivity index (χ4v) is 4.42. The average Bonchev–Trinajstić information content (AvgIpc) is 3.37. The van der Waals surface area contributed by atoms with E-state index in [9.17, 15) is 0 Å². The van der Waals surface area contributed by atoms with E-state index in [0.717, 1.165) is 46.8 Å². The molecular formula is C16H20ClN3S. The molecule has 1 N–H and O–H groups in total. The SMILES string of the molecule is CCc1cc2c(NCC(C3CC3)C3CC3)nc(Cl)nc2s1. The van der Waals surface area contributed by atoms with Gasteiger partial charge in [0.05, 0.1) is 5.39 Å². The van der Waals surface area contributed by atoms with Gasteiger partial charge in [-0.05, 0) is 67.5 Å². The number of anilines is 1. The zero-order chi connectivity index (χ0) is 14.4. The van der Waals surface area contributed by atoms with E-state index >= 15 is 0 Å². The Morgan fingerprint density at radius 1 is 1.29 bits per heavy atom. The molecule has 0 radical (unpaired) electrons. The van der Waals surface area contributed by atoms with Crippen molar-refractivity contribution in [2.45, 2.75) is 39.0 Å². The number of aryl methyl sites for hydroxylation is 1. The number of thiophene rings is 1. The Kier molecular flexibility index (Phi) is 3.54. The van der Waals surface area contributed by atoms with Gasteiger partial charge in [-0.2, -0.15) is 0 Å². The van der Waals surface area contributed by atoms with E-state index in [2.05, 4.69) is 28.3 Å². The fourth-order valence-electron chi connectivity index (χ4n) is 3.24. The lowest BCUT2D eigenvalue weighted by atomic mass is 9.98. The maximum absolute atomic E-state index is 6.09. The van der Waals surface area contributed by atoms with Crippen LogP contribution in [-0.2, 0) is 6.42 Å². The largest absolute Gasteiger partial charge is 0.369 e. The molecule has 0 bridgehead atoms. The van der Waals surface area contributed by atoms with Crippen LogP contribution in [0.1, 0.15) is 37.5 Å². The van der Waals surface area contributed by atoms with Gasteiger partial charge in [0.25, 0.3) is 0 Å². The number of hydrogen-bond acceptors (Lipinski definition) is 4. The standard InChI is InChI=1S/C16H20ClN3S/c1-2-11-7-12-14(19-16(17)20-15(12)21-11)18-8-13(9-3-4-9)10-5-6-10/h7,9-10,13H,2-6,8H2,1H3,(H,18,19,20). The molecule has 2 aromatic rings. The van der Waals surface area contributed by atoms with E-state index in [1.807, 2.05) is 0 Å². The van der Waals surface area contributed by atoms with Crippen molar-refractivity contribution in [2.24, 2.45) is 17.8 Å². The second-order valence-corrected chi connectivity index (χ2v) is 7.80. The Hall–Kier alpha value is -0.870. The third-order valence-electron chi connectivity index (χ3n) is 4.73. The van der Waals surface area contributed by atoms with Crippen LogP contribution in [0.2, 0.25) is 5.28 Å². The minimum absolute atomic E-state index is 0.351. The molecule has 0 spiro atoms. The summed E-state index contributed by atoms with van der Waals surface area (Å²) >= 11 is 7.81. The Morgan fingerprint density at radius 2 is 2.00 bits per heavy atom. The minimum atomic E-state index is 0.351. The van der Waals surface area contributed by atoms with Gasteiger partial charge in [-0.25, -0.2) is 9.97 Å². The maximum atomic E-state index is 6.09. The summed E-state index contributed by atoms with van der Waals surface area (Å²) in [6.45, 7) is 3.21. The van der Waals surface area contributed by atoms with Crippen molar-refractivity contribution in [3.63, 3.8) is 0 Å². The van der Waals surface area contributed by atoms with Crippen LogP contribution >= 0.6 is 22.9 Å². The predicted molar refractivity (Wildman–Crippen MR) is 89.2 cm³/mol. The van der Waals surface area contributed by atoms with E-state index < -0.39 is 0 Å². The van der Waals surface area contributed by atoms with E-state index in [1.165, 1.54) is 30.6 Å². The molecule has 2 fully saturated rings. The van der Waals surface area contributed by atoms with Gasteiger partial charge in [0.1, 0.15) is 10.6 Å². The zero-order valence-corrected chi connectivity index (χ0v) is 13.8. The Morgan fingerprint density at radius 3 is 2.62 bits per heavy atom. The van der Waals surface area contributed by atoms with Gasteiger partial charge in [0.15, 0.2) is 0 Å². The van der Waals surface area contributed by atoms with Crippen LogP contribution < -0.4 is 5.32 Å². The van der Waals surface area contributed by atoms with E-state index in [-0.39, 0.29) is 0 Å². The smallest absolute Gasteiger partial charge is 0.225 e. The first-order valence-corrected chi connectivity index (χ1v) is 9.14. The molecule has 2 heterocycles. The minimum Gasteiger partial charge on any atom is -0.369 e. The molecule has 0 atom stereocenters. The van der Waals surface area contributed by atoms with Gasteiger partial charge in [0.2, 0.25) is 5.28 Å². The number of nitrogens with zero attached hydrogens (tertiary/aromatic N) is 2. The summed E-state index contributed by atoms with van der Waals surface area (Å²) in [4.78, 5) is 11.1. The summed E-state index contributed by atoms with van der Waals surface area (Å²) in [6, 6.07) is 2.21. The van der Waals surface area contributed by atoms with Crippen LogP contribution in [0.4, 0.5) is 5.82 Å². The topological polar surface area (TPSA) is 37.8 Å². The normalized spacial score (nSPS) is 18.6. The van der Waals surface area contributed by atoms with Crippen LogP contribution in [0.15, 0.2) is 6.07 Å². The number of hydrogen-bond donors (Lipinski definition) is 1. The van der Waals surface area contributed by atoms with Crippen LogP contribution in [0.25, 0.3) is 10.2 Å². The molecule has 2 aliphatic carbocycles. The molecular weight excluding hydrogens is 302 g/mol. The second-order valence-electron chi connectivity index (χ2n) is 6.35. The molecule has 2 aliphatic rings. The fraction of sp³-hybridized carbons (Fsp3) is 0.625. The number of halogens is 1. The van der Waals surface area contributed by atoms with Crippen molar-refractivity contribution in [1.82, 2.24) is 9.97 Å². The number of rotatable bonds is 6. The molecule has 0 amide bonds. The van der Waals surface area contributed by atoms with Crippen molar-refractivity contribution in [1.29, 1.82) is 0 Å². The maximum Gasteiger partial charge on any atom is 0.225 e. The van der Waals surface area contributed by atoms with Gasteiger partial charge in [-0.1, -0.05) is 6.92 Å². The molecule has 4 rings (SSSR count). The molecule has 21 heavy (non-hydrogen) atoms. The number of aromatic nitrogens is 2. The van der Waals surface area contributed by atoms with Gasteiger partial charge in [-0.3, -0.25) is 0 Å². The Bertz CT molecular complexity index is 649. The number of nitrogens with one attached hydrogen (secondary N) is 1. The summed E-state index contributed by atoms with van der Waals surface area (Å²) in [5.74, 6) is 3.66. The molecule has 0 saturated heterocycles. The van der Waals surface area contributed by atoms with Crippen molar-refractivity contribution in [3.8, 4) is 0 Å². The predicted octanol–water partition coefficient (Wildman–Crippen LogP) is 4.76. The Balaban J connectivity index is 1.58. The van der Waals surface area contributed by atoms with Crippen LogP contribution in [0.5, 0.6) is 0 Å². The van der Waals surface area contributed by atoms with E-state index in [4.69, 9.17) is 11.6 Å². The highest BCUT2D eigenvalue weighted by Gasteiger charge is 2.41. The van der Waals surface area contributed by atoms with Gasteiger partial charge in [-0.15, -0.1) is 11.3 Å². The first-order valence-electron chi connectivity index (χ1n) is 7.94. The molecule has 0 unspecified atom stereocenters. The summed E-state index contributed by atoms with van der Waals surface area (Å²) in [5.41, 5.74) is 0. The van der Waals surface area contributed by atoms with Crippen molar-refractivity contribution in [3.05, 3.63) is 16.2 Å². The molecule has 2 aromatic heterocycles. The first-order chi connectivity index (χ1) is 10.2. The highest BCUT2D eigenvalue weighted by molar-refractivity contribution is 7.18.